The Morgan fingerprint density at radius 3 is 2.71 bits per heavy atom. The standard InChI is InChI=1S/C10H19ClN2O/c1-4-9-7-13(6-5-12(9)3)10(14)8(2)11/h8-9H,4-7H2,1-3H3. The van der Waals surface area contributed by atoms with Crippen molar-refractivity contribution in [2.45, 2.75) is 31.7 Å². The van der Waals surface area contributed by atoms with Crippen LogP contribution in [0.5, 0.6) is 0 Å². The maximum atomic E-state index is 11.6. The van der Waals surface area contributed by atoms with Gasteiger partial charge in [0.15, 0.2) is 0 Å². The molecule has 1 amide bonds. The van der Waals surface area contributed by atoms with E-state index in [0.717, 1.165) is 26.1 Å². The number of hydrogen-bond donors (Lipinski definition) is 0. The molecule has 1 aliphatic heterocycles. The lowest BCUT2D eigenvalue weighted by Gasteiger charge is -2.39. The highest BCUT2D eigenvalue weighted by Crippen LogP contribution is 2.12. The van der Waals surface area contributed by atoms with Crippen molar-refractivity contribution in [2.24, 2.45) is 0 Å². The van der Waals surface area contributed by atoms with Crippen LogP contribution in [0, 0.1) is 0 Å². The summed E-state index contributed by atoms with van der Waals surface area (Å²) in [6.07, 6.45) is 1.08. The van der Waals surface area contributed by atoms with Crippen molar-refractivity contribution in [3.8, 4) is 0 Å². The lowest BCUT2D eigenvalue weighted by molar-refractivity contribution is -0.133. The molecule has 1 aliphatic rings. The number of piperazine rings is 1. The minimum Gasteiger partial charge on any atom is -0.339 e. The van der Waals surface area contributed by atoms with E-state index in [2.05, 4.69) is 18.9 Å². The molecule has 4 heteroatoms. The molecule has 1 heterocycles. The number of amides is 1. The minimum absolute atomic E-state index is 0.0678. The zero-order chi connectivity index (χ0) is 10.7. The van der Waals surface area contributed by atoms with Crippen LogP contribution in [0.4, 0.5) is 0 Å². The topological polar surface area (TPSA) is 23.6 Å². The van der Waals surface area contributed by atoms with E-state index in [4.69, 9.17) is 11.6 Å². The van der Waals surface area contributed by atoms with Crippen molar-refractivity contribution < 1.29 is 4.79 Å². The second-order valence-electron chi connectivity index (χ2n) is 3.94. The molecule has 0 bridgehead atoms. The molecule has 0 N–H and O–H groups in total. The van der Waals surface area contributed by atoms with E-state index in [1.165, 1.54) is 0 Å². The highest BCUT2D eigenvalue weighted by molar-refractivity contribution is 6.30. The highest BCUT2D eigenvalue weighted by Gasteiger charge is 2.27. The first-order chi connectivity index (χ1) is 6.56. The number of alkyl halides is 1. The molecule has 0 aromatic rings. The predicted octanol–water partition coefficient (Wildman–Crippen LogP) is 1.17. The van der Waals surface area contributed by atoms with Crippen LogP contribution in [0.15, 0.2) is 0 Å². The van der Waals surface area contributed by atoms with Gasteiger partial charge >= 0.3 is 0 Å². The molecule has 1 rings (SSSR count). The summed E-state index contributed by atoms with van der Waals surface area (Å²) in [7, 11) is 2.11. The van der Waals surface area contributed by atoms with Gasteiger partial charge in [0.2, 0.25) is 5.91 Å². The normalized spacial score (nSPS) is 26.3. The molecule has 2 unspecified atom stereocenters. The van der Waals surface area contributed by atoms with Crippen molar-refractivity contribution in [3.05, 3.63) is 0 Å². The highest BCUT2D eigenvalue weighted by atomic mass is 35.5. The Bertz CT molecular complexity index is 208. The van der Waals surface area contributed by atoms with Crippen LogP contribution in [0.3, 0.4) is 0 Å². The van der Waals surface area contributed by atoms with E-state index < -0.39 is 5.38 Å². The van der Waals surface area contributed by atoms with Gasteiger partial charge in [-0.3, -0.25) is 9.69 Å². The molecule has 1 saturated heterocycles. The summed E-state index contributed by atoms with van der Waals surface area (Å²) in [5.41, 5.74) is 0. The summed E-state index contributed by atoms with van der Waals surface area (Å²) in [5, 5.41) is -0.393. The fraction of sp³-hybridized carbons (Fsp3) is 0.900. The van der Waals surface area contributed by atoms with E-state index in [-0.39, 0.29) is 5.91 Å². The molecule has 1 fully saturated rings. The smallest absolute Gasteiger partial charge is 0.240 e. The van der Waals surface area contributed by atoms with Gasteiger partial charge in [-0.15, -0.1) is 11.6 Å². The summed E-state index contributed by atoms with van der Waals surface area (Å²) in [6, 6.07) is 0.489. The first-order valence-corrected chi connectivity index (χ1v) is 5.63. The second-order valence-corrected chi connectivity index (χ2v) is 4.60. The molecule has 0 aromatic carbocycles. The lowest BCUT2D eigenvalue weighted by atomic mass is 10.1. The fourth-order valence-corrected chi connectivity index (χ4v) is 1.98. The van der Waals surface area contributed by atoms with Gasteiger partial charge in [0.25, 0.3) is 0 Å². The number of rotatable bonds is 2. The Morgan fingerprint density at radius 1 is 1.57 bits per heavy atom. The molecule has 0 saturated carbocycles. The van der Waals surface area contributed by atoms with Crippen LogP contribution in [-0.4, -0.2) is 53.8 Å². The van der Waals surface area contributed by atoms with E-state index in [1.54, 1.807) is 6.92 Å². The number of hydrogen-bond acceptors (Lipinski definition) is 2. The molecule has 0 aliphatic carbocycles. The largest absolute Gasteiger partial charge is 0.339 e. The molecule has 0 aromatic heterocycles. The third kappa shape index (κ3) is 2.61. The van der Waals surface area contributed by atoms with Gasteiger partial charge in [0.1, 0.15) is 5.38 Å². The zero-order valence-corrected chi connectivity index (χ0v) is 9.92. The predicted molar refractivity (Wildman–Crippen MR) is 58.6 cm³/mol. The van der Waals surface area contributed by atoms with E-state index >= 15 is 0 Å². The molecular formula is C10H19ClN2O. The number of carbonyl (C=O) groups is 1. The monoisotopic (exact) mass is 218 g/mol. The quantitative estimate of drug-likeness (QED) is 0.650. The van der Waals surface area contributed by atoms with Crippen LogP contribution >= 0.6 is 11.6 Å². The van der Waals surface area contributed by atoms with Crippen molar-refractivity contribution in [1.29, 1.82) is 0 Å². The molecule has 82 valence electrons. The fourth-order valence-electron chi connectivity index (χ4n) is 1.84. The second kappa shape index (κ2) is 4.99. The Morgan fingerprint density at radius 2 is 2.21 bits per heavy atom. The van der Waals surface area contributed by atoms with Crippen LogP contribution in [-0.2, 0) is 4.79 Å². The average Bonchev–Trinajstić information content (AvgIpc) is 2.17. The number of carbonyl (C=O) groups excluding carboxylic acids is 1. The third-order valence-corrected chi connectivity index (χ3v) is 3.09. The summed E-state index contributed by atoms with van der Waals surface area (Å²) in [6.45, 7) is 6.47. The van der Waals surface area contributed by atoms with Crippen molar-refractivity contribution in [2.75, 3.05) is 26.7 Å². The summed E-state index contributed by atoms with van der Waals surface area (Å²) in [5.74, 6) is 0.0678. The lowest BCUT2D eigenvalue weighted by Crippen LogP contribution is -2.54. The molecule has 0 radical (unpaired) electrons. The van der Waals surface area contributed by atoms with E-state index in [1.807, 2.05) is 4.90 Å². The van der Waals surface area contributed by atoms with Crippen molar-refractivity contribution in [3.63, 3.8) is 0 Å². The van der Waals surface area contributed by atoms with E-state index in [0.29, 0.717) is 6.04 Å². The van der Waals surface area contributed by atoms with Crippen LogP contribution in [0.1, 0.15) is 20.3 Å². The molecule has 2 atom stereocenters. The molecule has 0 spiro atoms. The number of nitrogens with zero attached hydrogens (tertiary/aromatic N) is 2. The van der Waals surface area contributed by atoms with Crippen LogP contribution in [0.25, 0.3) is 0 Å². The van der Waals surface area contributed by atoms with Gasteiger partial charge in [-0.1, -0.05) is 6.92 Å². The minimum atomic E-state index is -0.393. The SMILES string of the molecule is CCC1CN(C(=O)C(C)Cl)CCN1C. The van der Waals surface area contributed by atoms with Gasteiger partial charge in [0, 0.05) is 25.7 Å². The average molecular weight is 219 g/mol. The maximum Gasteiger partial charge on any atom is 0.240 e. The Hall–Kier alpha value is -0.280. The zero-order valence-electron chi connectivity index (χ0n) is 9.16. The van der Waals surface area contributed by atoms with Gasteiger partial charge in [-0.25, -0.2) is 0 Å². The first kappa shape index (κ1) is 11.8. The Kier molecular flexibility index (Phi) is 4.20. The van der Waals surface area contributed by atoms with Crippen LogP contribution < -0.4 is 0 Å². The summed E-state index contributed by atoms with van der Waals surface area (Å²) in [4.78, 5) is 15.8. The van der Waals surface area contributed by atoms with Gasteiger partial charge < -0.3 is 4.90 Å². The molecule has 3 nitrogen and oxygen atoms in total. The van der Waals surface area contributed by atoms with Crippen LogP contribution in [0.2, 0.25) is 0 Å². The Balaban J connectivity index is 2.54. The summed E-state index contributed by atoms with van der Waals surface area (Å²) >= 11 is 5.78. The van der Waals surface area contributed by atoms with Gasteiger partial charge in [0.05, 0.1) is 0 Å². The van der Waals surface area contributed by atoms with Crippen molar-refractivity contribution in [1.82, 2.24) is 9.80 Å². The van der Waals surface area contributed by atoms with Crippen molar-refractivity contribution >= 4 is 17.5 Å². The molecular weight excluding hydrogens is 200 g/mol. The van der Waals surface area contributed by atoms with E-state index in [9.17, 15) is 4.79 Å². The Labute approximate surface area is 91.0 Å². The molecule has 14 heavy (non-hydrogen) atoms. The summed E-state index contributed by atoms with van der Waals surface area (Å²) < 4.78 is 0. The first-order valence-electron chi connectivity index (χ1n) is 5.19. The number of halogens is 1. The van der Waals surface area contributed by atoms with Gasteiger partial charge in [-0.2, -0.15) is 0 Å². The van der Waals surface area contributed by atoms with Gasteiger partial charge in [-0.05, 0) is 20.4 Å². The third-order valence-electron chi connectivity index (χ3n) is 2.90. The number of likely N-dealkylation sites (N-methyl/N-ethyl adjacent to an activating group) is 1. The maximum absolute atomic E-state index is 11.6.